The van der Waals surface area contributed by atoms with E-state index in [-0.39, 0.29) is 30.2 Å². The molecule has 0 N–H and O–H groups in total. The van der Waals surface area contributed by atoms with Gasteiger partial charge in [0, 0.05) is 5.92 Å². The van der Waals surface area contributed by atoms with Crippen molar-refractivity contribution in [3.63, 3.8) is 0 Å². The zero-order chi connectivity index (χ0) is 12.4. The van der Waals surface area contributed by atoms with Crippen molar-refractivity contribution in [3.05, 3.63) is 47.8 Å². The molecule has 2 nitrogen and oxygen atoms in total. The molecule has 90 valence electrons. The molecule has 1 aliphatic rings. The van der Waals surface area contributed by atoms with Crippen LogP contribution in [0.4, 0.5) is 4.39 Å². The number of hydrogen-bond acceptors (Lipinski definition) is 2. The van der Waals surface area contributed by atoms with Gasteiger partial charge in [0.05, 0.1) is 5.92 Å². The van der Waals surface area contributed by atoms with Crippen molar-refractivity contribution in [3.8, 4) is 0 Å². The molecule has 0 amide bonds. The van der Waals surface area contributed by atoms with Crippen LogP contribution < -0.4 is 0 Å². The molecule has 2 unspecified atom stereocenters. The molecule has 1 saturated carbocycles. The molecule has 0 radical (unpaired) electrons. The standard InChI is InChI=1S/C14H15FO2/c1-9(2)8-17-14(16)12-7-11(12)10-5-3-4-6-13(10)15/h3-6,11-12H,1,7-8H2,2H3. The molecule has 0 aliphatic heterocycles. The Kier molecular flexibility index (Phi) is 3.27. The van der Waals surface area contributed by atoms with Crippen molar-refractivity contribution in [2.75, 3.05) is 6.61 Å². The fourth-order valence-corrected chi connectivity index (χ4v) is 1.88. The Balaban J connectivity index is 1.94. The van der Waals surface area contributed by atoms with Gasteiger partial charge in [-0.05, 0) is 30.5 Å². The molecular weight excluding hydrogens is 219 g/mol. The van der Waals surface area contributed by atoms with Gasteiger partial charge in [0.15, 0.2) is 0 Å². The van der Waals surface area contributed by atoms with Crippen LogP contribution in [-0.2, 0) is 9.53 Å². The summed E-state index contributed by atoms with van der Waals surface area (Å²) in [5, 5.41) is 0. The molecule has 2 atom stereocenters. The maximum atomic E-state index is 13.5. The molecule has 1 aromatic carbocycles. The van der Waals surface area contributed by atoms with Crippen LogP contribution in [0.1, 0.15) is 24.8 Å². The third kappa shape index (κ3) is 2.73. The Hall–Kier alpha value is -1.64. The van der Waals surface area contributed by atoms with Gasteiger partial charge in [0.1, 0.15) is 12.4 Å². The van der Waals surface area contributed by atoms with Crippen LogP contribution >= 0.6 is 0 Å². The number of hydrogen-bond donors (Lipinski definition) is 0. The summed E-state index contributed by atoms with van der Waals surface area (Å²) in [5.74, 6) is -0.700. The Morgan fingerprint density at radius 3 is 2.88 bits per heavy atom. The van der Waals surface area contributed by atoms with Crippen LogP contribution in [-0.4, -0.2) is 12.6 Å². The molecule has 1 aliphatic carbocycles. The monoisotopic (exact) mass is 234 g/mol. The molecule has 1 aromatic rings. The first-order chi connectivity index (χ1) is 8.09. The van der Waals surface area contributed by atoms with Gasteiger partial charge in [-0.2, -0.15) is 0 Å². The molecule has 0 saturated heterocycles. The van der Waals surface area contributed by atoms with E-state index in [1.54, 1.807) is 25.1 Å². The Bertz CT molecular complexity index is 453. The molecule has 0 bridgehead atoms. The third-order valence-corrected chi connectivity index (χ3v) is 2.86. The average Bonchev–Trinajstić information content (AvgIpc) is 3.06. The predicted octanol–water partition coefficient (Wildman–Crippen LogP) is 3.05. The van der Waals surface area contributed by atoms with Crippen molar-refractivity contribution in [2.45, 2.75) is 19.3 Å². The Labute approximate surface area is 100 Å². The summed E-state index contributed by atoms with van der Waals surface area (Å²) < 4.78 is 18.5. The van der Waals surface area contributed by atoms with Crippen LogP contribution in [0, 0.1) is 11.7 Å². The predicted molar refractivity (Wildman–Crippen MR) is 63.0 cm³/mol. The molecule has 2 rings (SSSR count). The summed E-state index contributed by atoms with van der Waals surface area (Å²) in [6.07, 6.45) is 0.677. The van der Waals surface area contributed by atoms with Gasteiger partial charge in [-0.25, -0.2) is 4.39 Å². The lowest BCUT2D eigenvalue weighted by Crippen LogP contribution is -2.09. The maximum absolute atomic E-state index is 13.5. The number of esters is 1. The maximum Gasteiger partial charge on any atom is 0.309 e. The minimum atomic E-state index is -0.249. The molecule has 0 spiro atoms. The zero-order valence-electron chi connectivity index (χ0n) is 9.78. The summed E-state index contributed by atoms with van der Waals surface area (Å²) in [6, 6.07) is 6.58. The van der Waals surface area contributed by atoms with Crippen molar-refractivity contribution in [1.82, 2.24) is 0 Å². The van der Waals surface area contributed by atoms with E-state index in [0.717, 1.165) is 5.57 Å². The number of carbonyl (C=O) groups excluding carboxylic acids is 1. The highest BCUT2D eigenvalue weighted by atomic mass is 19.1. The first kappa shape index (κ1) is 11.8. The van der Waals surface area contributed by atoms with E-state index in [9.17, 15) is 9.18 Å². The van der Waals surface area contributed by atoms with Crippen molar-refractivity contribution >= 4 is 5.97 Å². The lowest BCUT2D eigenvalue weighted by atomic mass is 10.1. The van der Waals surface area contributed by atoms with E-state index in [1.807, 2.05) is 0 Å². The summed E-state index contributed by atoms with van der Waals surface area (Å²) in [5.41, 5.74) is 1.42. The molecular formula is C14H15FO2. The fourth-order valence-electron chi connectivity index (χ4n) is 1.88. The van der Waals surface area contributed by atoms with Crippen molar-refractivity contribution < 1.29 is 13.9 Å². The lowest BCUT2D eigenvalue weighted by Gasteiger charge is -2.04. The largest absolute Gasteiger partial charge is 0.461 e. The van der Waals surface area contributed by atoms with E-state index >= 15 is 0 Å². The fraction of sp³-hybridized carbons (Fsp3) is 0.357. The second-order valence-corrected chi connectivity index (χ2v) is 4.54. The highest BCUT2D eigenvalue weighted by Crippen LogP contribution is 2.48. The number of ether oxygens (including phenoxy) is 1. The molecule has 1 fully saturated rings. The van der Waals surface area contributed by atoms with Crippen LogP contribution in [0.5, 0.6) is 0 Å². The number of halogens is 1. The van der Waals surface area contributed by atoms with Gasteiger partial charge in [0.25, 0.3) is 0 Å². The zero-order valence-corrected chi connectivity index (χ0v) is 9.78. The third-order valence-electron chi connectivity index (χ3n) is 2.86. The molecule has 0 heterocycles. The highest BCUT2D eigenvalue weighted by Gasteiger charge is 2.46. The second-order valence-electron chi connectivity index (χ2n) is 4.54. The SMILES string of the molecule is C=C(C)COC(=O)C1CC1c1ccccc1F. The number of benzene rings is 1. The first-order valence-electron chi connectivity index (χ1n) is 5.65. The topological polar surface area (TPSA) is 26.3 Å². The van der Waals surface area contributed by atoms with E-state index in [0.29, 0.717) is 12.0 Å². The number of rotatable bonds is 4. The quantitative estimate of drug-likeness (QED) is 0.591. The summed E-state index contributed by atoms with van der Waals surface area (Å²) in [4.78, 5) is 11.6. The van der Waals surface area contributed by atoms with Gasteiger partial charge in [-0.15, -0.1) is 0 Å². The summed E-state index contributed by atoms with van der Waals surface area (Å²) in [7, 11) is 0. The molecule has 17 heavy (non-hydrogen) atoms. The summed E-state index contributed by atoms with van der Waals surface area (Å²) in [6.45, 7) is 5.71. The van der Waals surface area contributed by atoms with E-state index in [2.05, 4.69) is 6.58 Å². The average molecular weight is 234 g/mol. The second kappa shape index (κ2) is 4.70. The minimum absolute atomic E-state index is 0.0196. The van der Waals surface area contributed by atoms with Crippen LogP contribution in [0.2, 0.25) is 0 Å². The van der Waals surface area contributed by atoms with Crippen molar-refractivity contribution in [2.24, 2.45) is 5.92 Å². The highest BCUT2D eigenvalue weighted by molar-refractivity contribution is 5.77. The Morgan fingerprint density at radius 2 is 2.24 bits per heavy atom. The normalized spacial score (nSPS) is 22.0. The van der Waals surface area contributed by atoms with Gasteiger partial charge >= 0.3 is 5.97 Å². The minimum Gasteiger partial charge on any atom is -0.461 e. The summed E-state index contributed by atoms with van der Waals surface area (Å²) >= 11 is 0. The van der Waals surface area contributed by atoms with Crippen molar-refractivity contribution in [1.29, 1.82) is 0 Å². The van der Waals surface area contributed by atoms with Gasteiger partial charge in [-0.3, -0.25) is 4.79 Å². The Morgan fingerprint density at radius 1 is 1.53 bits per heavy atom. The smallest absolute Gasteiger partial charge is 0.309 e. The number of carbonyl (C=O) groups is 1. The first-order valence-corrected chi connectivity index (χ1v) is 5.65. The van der Waals surface area contributed by atoms with E-state index < -0.39 is 0 Å². The molecule has 3 heteroatoms. The molecule has 0 aromatic heterocycles. The van der Waals surface area contributed by atoms with Crippen LogP contribution in [0.25, 0.3) is 0 Å². The van der Waals surface area contributed by atoms with Crippen LogP contribution in [0.15, 0.2) is 36.4 Å². The van der Waals surface area contributed by atoms with Gasteiger partial charge in [0.2, 0.25) is 0 Å². The van der Waals surface area contributed by atoms with Crippen LogP contribution in [0.3, 0.4) is 0 Å². The van der Waals surface area contributed by atoms with Gasteiger partial charge in [-0.1, -0.05) is 24.8 Å². The van der Waals surface area contributed by atoms with Gasteiger partial charge < -0.3 is 4.74 Å². The lowest BCUT2D eigenvalue weighted by molar-refractivity contribution is -0.144. The van der Waals surface area contributed by atoms with E-state index in [1.165, 1.54) is 6.07 Å². The van der Waals surface area contributed by atoms with E-state index in [4.69, 9.17) is 4.74 Å².